The highest BCUT2D eigenvalue weighted by Crippen LogP contribution is 2.43. The topological polar surface area (TPSA) is 80.3 Å². The molecule has 0 aliphatic carbocycles. The minimum Gasteiger partial charge on any atom is -0.370 e. The Balaban J connectivity index is 1.49. The second kappa shape index (κ2) is 5.48. The molecule has 132 valence electrons. The van der Waals surface area contributed by atoms with Crippen LogP contribution in [0.1, 0.15) is 19.4 Å². The van der Waals surface area contributed by atoms with Crippen LogP contribution in [0.3, 0.4) is 0 Å². The van der Waals surface area contributed by atoms with Gasteiger partial charge in [0.2, 0.25) is 0 Å². The van der Waals surface area contributed by atoms with Crippen molar-refractivity contribution in [2.75, 3.05) is 6.61 Å². The molecule has 0 saturated carbocycles. The van der Waals surface area contributed by atoms with Gasteiger partial charge in [-0.3, -0.25) is 4.18 Å². The van der Waals surface area contributed by atoms with E-state index >= 15 is 0 Å². The normalized spacial score (nSPS) is 37.4. The number of rotatable bonds is 3. The number of fused-ring (bicyclic) bond motifs is 3. The summed E-state index contributed by atoms with van der Waals surface area (Å²) in [4.78, 5) is 0.114. The van der Waals surface area contributed by atoms with E-state index in [4.69, 9.17) is 23.1 Å². The third-order valence-electron chi connectivity index (χ3n) is 4.41. The number of aryl methyl sites for hydroxylation is 1. The fourth-order valence-corrected chi connectivity index (χ4v) is 4.37. The summed E-state index contributed by atoms with van der Waals surface area (Å²) >= 11 is 0. The minimum absolute atomic E-state index is 0.114. The second-order valence-electron chi connectivity index (χ2n) is 6.77. The summed E-state index contributed by atoms with van der Waals surface area (Å²) in [6.45, 7) is 5.62. The molecule has 0 bridgehead atoms. The molecule has 3 aliphatic rings. The lowest BCUT2D eigenvalue weighted by Crippen LogP contribution is -2.37. The van der Waals surface area contributed by atoms with Crippen LogP contribution in [0, 0.1) is 6.92 Å². The average Bonchev–Trinajstić information content (AvgIpc) is 3.09. The van der Waals surface area contributed by atoms with Crippen LogP contribution < -0.4 is 0 Å². The second-order valence-corrected chi connectivity index (χ2v) is 8.34. The Morgan fingerprint density at radius 2 is 1.79 bits per heavy atom. The molecule has 0 spiro atoms. The van der Waals surface area contributed by atoms with E-state index in [1.807, 2.05) is 6.92 Å². The van der Waals surface area contributed by atoms with E-state index < -0.39 is 40.5 Å². The van der Waals surface area contributed by atoms with Crippen molar-refractivity contribution in [1.29, 1.82) is 0 Å². The maximum atomic E-state index is 12.4. The van der Waals surface area contributed by atoms with Crippen LogP contribution >= 0.6 is 0 Å². The van der Waals surface area contributed by atoms with Crippen molar-refractivity contribution < 1.29 is 31.5 Å². The van der Waals surface area contributed by atoms with Gasteiger partial charge in [-0.25, -0.2) is 0 Å². The summed E-state index contributed by atoms with van der Waals surface area (Å²) in [6, 6.07) is 6.50. The van der Waals surface area contributed by atoms with Crippen molar-refractivity contribution in [2.45, 2.75) is 62.2 Å². The van der Waals surface area contributed by atoms with E-state index in [2.05, 4.69) is 0 Å². The summed E-state index contributed by atoms with van der Waals surface area (Å²) in [7, 11) is -3.89. The molecule has 5 atom stereocenters. The summed E-state index contributed by atoms with van der Waals surface area (Å²) in [5, 5.41) is 0. The summed E-state index contributed by atoms with van der Waals surface area (Å²) in [6.07, 6.45) is -2.59. The SMILES string of the molecule is Cc1ccc(S(=O)(=O)O[C@@H]2CO[C@H]3[C@@H]4OC(C)(C)O[C@H]4O[C@@H]32)cc1. The molecule has 0 aromatic heterocycles. The number of benzene rings is 1. The van der Waals surface area contributed by atoms with Crippen molar-refractivity contribution in [1.82, 2.24) is 0 Å². The monoisotopic (exact) mass is 356 g/mol. The zero-order chi connectivity index (χ0) is 17.1. The fourth-order valence-electron chi connectivity index (χ4n) is 3.30. The molecule has 4 rings (SSSR count). The molecule has 7 nitrogen and oxygen atoms in total. The molecule has 0 radical (unpaired) electrons. The molecule has 8 heteroatoms. The molecule has 3 aliphatic heterocycles. The third-order valence-corrected chi connectivity index (χ3v) is 5.76. The van der Waals surface area contributed by atoms with Crippen molar-refractivity contribution >= 4 is 10.1 Å². The summed E-state index contributed by atoms with van der Waals surface area (Å²) in [5.74, 6) is -0.740. The van der Waals surface area contributed by atoms with Gasteiger partial charge in [0.1, 0.15) is 24.4 Å². The van der Waals surface area contributed by atoms with Gasteiger partial charge in [0.25, 0.3) is 10.1 Å². The van der Waals surface area contributed by atoms with Crippen molar-refractivity contribution in [2.24, 2.45) is 0 Å². The van der Waals surface area contributed by atoms with E-state index in [9.17, 15) is 8.42 Å². The van der Waals surface area contributed by atoms with Crippen LogP contribution in [-0.2, 0) is 33.2 Å². The molecular weight excluding hydrogens is 336 g/mol. The number of ether oxygens (including phenoxy) is 4. The Morgan fingerprint density at radius 1 is 1.08 bits per heavy atom. The molecule has 0 unspecified atom stereocenters. The van der Waals surface area contributed by atoms with Gasteiger partial charge in [0.05, 0.1) is 11.5 Å². The summed E-state index contributed by atoms with van der Waals surface area (Å²) < 4.78 is 53.2. The summed E-state index contributed by atoms with van der Waals surface area (Å²) in [5.41, 5.74) is 0.974. The van der Waals surface area contributed by atoms with Crippen molar-refractivity contribution in [3.63, 3.8) is 0 Å². The first kappa shape index (κ1) is 16.4. The Hall–Kier alpha value is -1.03. The lowest BCUT2D eigenvalue weighted by Gasteiger charge is -2.22. The van der Waals surface area contributed by atoms with Crippen LogP contribution in [0.2, 0.25) is 0 Å². The van der Waals surface area contributed by atoms with Gasteiger partial charge in [0, 0.05) is 0 Å². The molecule has 1 aromatic rings. The standard InChI is InChI=1S/C16H20O7S/c1-9-4-6-10(7-5-9)24(17,18)23-11-8-19-13-12(11)20-15-14(13)21-16(2,3)22-15/h4-7,11-15H,8H2,1-3H3/t11-,12-,13-,14+,15-/m1/s1. The zero-order valence-electron chi connectivity index (χ0n) is 13.7. The van der Waals surface area contributed by atoms with Gasteiger partial charge in [-0.2, -0.15) is 8.42 Å². The van der Waals surface area contributed by atoms with Gasteiger partial charge in [-0.1, -0.05) is 17.7 Å². The highest BCUT2D eigenvalue weighted by molar-refractivity contribution is 7.86. The average molecular weight is 356 g/mol. The van der Waals surface area contributed by atoms with Crippen molar-refractivity contribution in [3.8, 4) is 0 Å². The predicted molar refractivity (Wildman–Crippen MR) is 81.7 cm³/mol. The van der Waals surface area contributed by atoms with Crippen LogP contribution in [0.25, 0.3) is 0 Å². The zero-order valence-corrected chi connectivity index (χ0v) is 14.5. The fraction of sp³-hybridized carbons (Fsp3) is 0.625. The van der Waals surface area contributed by atoms with E-state index in [-0.39, 0.29) is 17.6 Å². The van der Waals surface area contributed by atoms with Gasteiger partial charge < -0.3 is 18.9 Å². The maximum absolute atomic E-state index is 12.4. The molecule has 0 amide bonds. The highest BCUT2D eigenvalue weighted by Gasteiger charge is 2.60. The number of hydrogen-bond acceptors (Lipinski definition) is 7. The van der Waals surface area contributed by atoms with E-state index in [0.29, 0.717) is 0 Å². The van der Waals surface area contributed by atoms with Crippen LogP contribution in [0.15, 0.2) is 29.2 Å². The lowest BCUT2D eigenvalue weighted by molar-refractivity contribution is -0.213. The highest BCUT2D eigenvalue weighted by atomic mass is 32.2. The van der Waals surface area contributed by atoms with E-state index in [0.717, 1.165) is 5.56 Å². The van der Waals surface area contributed by atoms with Crippen LogP contribution in [-0.4, -0.2) is 51.5 Å². The first-order chi connectivity index (χ1) is 11.3. The third kappa shape index (κ3) is 2.77. The maximum Gasteiger partial charge on any atom is 0.297 e. The van der Waals surface area contributed by atoms with Crippen LogP contribution in [0.5, 0.6) is 0 Å². The van der Waals surface area contributed by atoms with Gasteiger partial charge >= 0.3 is 0 Å². The first-order valence-corrected chi connectivity index (χ1v) is 9.29. The van der Waals surface area contributed by atoms with Gasteiger partial charge in [-0.05, 0) is 32.9 Å². The van der Waals surface area contributed by atoms with Crippen molar-refractivity contribution in [3.05, 3.63) is 29.8 Å². The molecule has 0 N–H and O–H groups in total. The quantitative estimate of drug-likeness (QED) is 0.756. The molecule has 3 heterocycles. The number of hydrogen-bond donors (Lipinski definition) is 0. The predicted octanol–water partition coefficient (Wildman–Crippen LogP) is 1.34. The van der Waals surface area contributed by atoms with E-state index in [1.165, 1.54) is 12.1 Å². The largest absolute Gasteiger partial charge is 0.370 e. The molecule has 24 heavy (non-hydrogen) atoms. The first-order valence-electron chi connectivity index (χ1n) is 7.88. The Morgan fingerprint density at radius 3 is 2.50 bits per heavy atom. The molecule has 3 saturated heterocycles. The Bertz CT molecular complexity index is 727. The van der Waals surface area contributed by atoms with Crippen LogP contribution in [0.4, 0.5) is 0 Å². The lowest BCUT2D eigenvalue weighted by atomic mass is 10.1. The Labute approximate surface area is 140 Å². The minimum atomic E-state index is -3.89. The Kier molecular flexibility index (Phi) is 3.76. The molecular formula is C16H20O7S. The van der Waals surface area contributed by atoms with Gasteiger partial charge in [-0.15, -0.1) is 0 Å². The van der Waals surface area contributed by atoms with Gasteiger partial charge in [0.15, 0.2) is 12.1 Å². The molecule has 1 aromatic carbocycles. The van der Waals surface area contributed by atoms with E-state index in [1.54, 1.807) is 26.0 Å². The smallest absolute Gasteiger partial charge is 0.297 e. The molecule has 3 fully saturated rings.